The minimum Gasteiger partial charge on any atom is -0.309 e. The van der Waals surface area contributed by atoms with E-state index in [0.29, 0.717) is 42.9 Å². The van der Waals surface area contributed by atoms with Crippen molar-refractivity contribution >= 4 is 32.5 Å². The summed E-state index contributed by atoms with van der Waals surface area (Å²) in [5, 5.41) is 0.778. The average molecular weight is 433 g/mol. The number of piperazine rings is 1. The number of nitrogens with zero attached hydrogens (tertiary/aromatic N) is 3. The van der Waals surface area contributed by atoms with Crippen LogP contribution in [0.25, 0.3) is 10.9 Å². The fourth-order valence-electron chi connectivity index (χ4n) is 3.60. The molecule has 0 amide bonds. The average Bonchev–Trinajstić information content (AvgIpc) is 2.73. The van der Waals surface area contributed by atoms with Crippen LogP contribution in [-0.4, -0.2) is 53.8 Å². The summed E-state index contributed by atoms with van der Waals surface area (Å²) in [5.41, 5.74) is 0.482. The number of hydrogen-bond donors (Lipinski definition) is 1. The Balaban J connectivity index is 1.51. The van der Waals surface area contributed by atoms with Crippen molar-refractivity contribution in [3.05, 3.63) is 69.7 Å². The van der Waals surface area contributed by atoms with Gasteiger partial charge in [0.15, 0.2) is 0 Å². The maximum absolute atomic E-state index is 12.9. The second kappa shape index (κ2) is 7.87. The number of fused-ring (bicyclic) bond motifs is 1. The quantitative estimate of drug-likeness (QED) is 0.684. The van der Waals surface area contributed by atoms with E-state index in [1.54, 1.807) is 30.3 Å². The monoisotopic (exact) mass is 432 g/mol. The second-order valence-corrected chi connectivity index (χ2v) is 9.33. The van der Waals surface area contributed by atoms with Gasteiger partial charge < -0.3 is 4.98 Å². The highest BCUT2D eigenvalue weighted by Gasteiger charge is 2.32. The first kappa shape index (κ1) is 20.0. The van der Waals surface area contributed by atoms with Crippen LogP contribution < -0.4 is 5.56 Å². The molecule has 9 heteroatoms. The molecule has 0 unspecified atom stereocenters. The van der Waals surface area contributed by atoms with Crippen LogP contribution in [0.15, 0.2) is 58.2 Å². The summed E-state index contributed by atoms with van der Waals surface area (Å²) in [6.07, 6.45) is 0. The Labute approximate surface area is 174 Å². The molecule has 1 aromatic heterocycles. The van der Waals surface area contributed by atoms with E-state index in [-0.39, 0.29) is 21.5 Å². The van der Waals surface area contributed by atoms with Gasteiger partial charge in [-0.15, -0.1) is 0 Å². The lowest BCUT2D eigenvalue weighted by Crippen LogP contribution is -2.49. The van der Waals surface area contributed by atoms with E-state index in [4.69, 9.17) is 11.6 Å². The number of hydrogen-bond acceptors (Lipinski definition) is 5. The van der Waals surface area contributed by atoms with Crippen molar-refractivity contribution in [1.82, 2.24) is 19.2 Å². The smallest absolute Gasteiger partial charge is 0.258 e. The molecule has 2 heterocycles. The number of rotatable bonds is 4. The second-order valence-electron chi connectivity index (χ2n) is 7.01. The van der Waals surface area contributed by atoms with Gasteiger partial charge >= 0.3 is 0 Å². The Kier molecular flexibility index (Phi) is 5.44. The summed E-state index contributed by atoms with van der Waals surface area (Å²) in [7, 11) is -3.64. The normalized spacial score (nSPS) is 17.4. The van der Waals surface area contributed by atoms with Gasteiger partial charge in [0.1, 0.15) is 10.7 Å². The van der Waals surface area contributed by atoms with Gasteiger partial charge in [0, 0.05) is 26.2 Å². The molecule has 7 nitrogen and oxygen atoms in total. The Morgan fingerprint density at radius 1 is 1.03 bits per heavy atom. The van der Waals surface area contributed by atoms with Gasteiger partial charge in [0.2, 0.25) is 10.0 Å². The Morgan fingerprint density at radius 3 is 2.41 bits per heavy atom. The van der Waals surface area contributed by atoms with Crippen LogP contribution in [0.5, 0.6) is 0 Å². The van der Waals surface area contributed by atoms with Crippen LogP contribution in [0.2, 0.25) is 5.02 Å². The third-order valence-electron chi connectivity index (χ3n) is 5.30. The Bertz CT molecular complexity index is 1200. The van der Waals surface area contributed by atoms with Gasteiger partial charge in [0.05, 0.1) is 22.0 Å². The molecule has 2 aromatic carbocycles. The van der Waals surface area contributed by atoms with E-state index in [9.17, 15) is 13.2 Å². The number of aromatic amines is 1. The molecule has 152 valence electrons. The summed E-state index contributed by atoms with van der Waals surface area (Å²) < 4.78 is 27.3. The SMILES string of the molecule is C[C@@H](c1nc2ccccc2c(=O)[nH]1)N1CCN(S(=O)(=O)c2ccccc2Cl)CC1. The lowest BCUT2D eigenvalue weighted by Gasteiger charge is -2.37. The highest BCUT2D eigenvalue weighted by Crippen LogP contribution is 2.26. The first-order valence-electron chi connectivity index (χ1n) is 9.35. The van der Waals surface area contributed by atoms with Gasteiger partial charge in [-0.2, -0.15) is 4.31 Å². The number of sulfonamides is 1. The maximum atomic E-state index is 12.9. The van der Waals surface area contributed by atoms with Crippen molar-refractivity contribution in [1.29, 1.82) is 0 Å². The molecule has 1 N–H and O–H groups in total. The lowest BCUT2D eigenvalue weighted by atomic mass is 10.2. The fraction of sp³-hybridized carbons (Fsp3) is 0.300. The topological polar surface area (TPSA) is 86.4 Å². The minimum absolute atomic E-state index is 0.128. The van der Waals surface area contributed by atoms with E-state index in [1.807, 2.05) is 19.1 Å². The van der Waals surface area contributed by atoms with Crippen molar-refractivity contribution in [2.24, 2.45) is 0 Å². The lowest BCUT2D eigenvalue weighted by molar-refractivity contribution is 0.141. The molecule has 0 aliphatic carbocycles. The molecule has 29 heavy (non-hydrogen) atoms. The van der Waals surface area contributed by atoms with Crippen LogP contribution >= 0.6 is 11.6 Å². The number of aromatic nitrogens is 2. The van der Waals surface area contributed by atoms with Crippen molar-refractivity contribution in [3.63, 3.8) is 0 Å². The predicted molar refractivity (Wildman–Crippen MR) is 113 cm³/mol. The fourth-order valence-corrected chi connectivity index (χ4v) is 5.51. The van der Waals surface area contributed by atoms with E-state index >= 15 is 0 Å². The minimum atomic E-state index is -3.64. The zero-order valence-corrected chi connectivity index (χ0v) is 17.4. The molecule has 0 saturated carbocycles. The van der Waals surface area contributed by atoms with Crippen molar-refractivity contribution in [3.8, 4) is 0 Å². The van der Waals surface area contributed by atoms with Crippen LogP contribution in [0.3, 0.4) is 0 Å². The van der Waals surface area contributed by atoms with E-state index in [2.05, 4.69) is 14.9 Å². The van der Waals surface area contributed by atoms with Crippen LogP contribution in [-0.2, 0) is 10.0 Å². The summed E-state index contributed by atoms with van der Waals surface area (Å²) in [6.45, 7) is 3.71. The Morgan fingerprint density at radius 2 is 1.69 bits per heavy atom. The number of benzene rings is 2. The van der Waals surface area contributed by atoms with Crippen molar-refractivity contribution in [2.75, 3.05) is 26.2 Å². The van der Waals surface area contributed by atoms with Crippen molar-refractivity contribution < 1.29 is 8.42 Å². The van der Waals surface area contributed by atoms with Gasteiger partial charge in [-0.25, -0.2) is 13.4 Å². The molecule has 1 fully saturated rings. The molecular formula is C20H21ClN4O3S. The molecule has 4 rings (SSSR count). The summed E-state index contributed by atoms with van der Waals surface area (Å²) in [5.74, 6) is 0.580. The highest BCUT2D eigenvalue weighted by molar-refractivity contribution is 7.89. The first-order chi connectivity index (χ1) is 13.9. The number of H-pyrrole nitrogens is 1. The van der Waals surface area contributed by atoms with Gasteiger partial charge in [0.25, 0.3) is 5.56 Å². The van der Waals surface area contributed by atoms with Crippen LogP contribution in [0.4, 0.5) is 0 Å². The molecular weight excluding hydrogens is 412 g/mol. The summed E-state index contributed by atoms with van der Waals surface area (Å²) in [6, 6.07) is 13.5. The number of para-hydroxylation sites is 1. The molecule has 1 aliphatic heterocycles. The third kappa shape index (κ3) is 3.81. The number of nitrogens with one attached hydrogen (secondary N) is 1. The van der Waals surface area contributed by atoms with Gasteiger partial charge in [-0.1, -0.05) is 35.9 Å². The summed E-state index contributed by atoms with van der Waals surface area (Å²) >= 11 is 6.09. The largest absolute Gasteiger partial charge is 0.309 e. The van der Waals surface area contributed by atoms with E-state index < -0.39 is 10.0 Å². The molecule has 0 spiro atoms. The molecule has 0 radical (unpaired) electrons. The zero-order valence-electron chi connectivity index (χ0n) is 15.9. The van der Waals surface area contributed by atoms with E-state index in [1.165, 1.54) is 10.4 Å². The molecule has 1 aliphatic rings. The number of halogens is 1. The van der Waals surface area contributed by atoms with Gasteiger partial charge in [-0.3, -0.25) is 9.69 Å². The third-order valence-corrected chi connectivity index (χ3v) is 7.70. The highest BCUT2D eigenvalue weighted by atomic mass is 35.5. The predicted octanol–water partition coefficient (Wildman–Crippen LogP) is 2.64. The zero-order chi connectivity index (χ0) is 20.6. The Hall–Kier alpha value is -2.26. The standard InChI is InChI=1S/C20H21ClN4O3S/c1-14(19-22-17-8-4-2-6-15(17)20(26)23-19)24-10-12-25(13-11-24)29(27,28)18-9-5-3-7-16(18)21/h2-9,14H,10-13H2,1H3,(H,22,23,26)/t14-/m0/s1. The van der Waals surface area contributed by atoms with Crippen LogP contribution in [0.1, 0.15) is 18.8 Å². The maximum Gasteiger partial charge on any atom is 0.258 e. The first-order valence-corrected chi connectivity index (χ1v) is 11.2. The van der Waals surface area contributed by atoms with Crippen molar-refractivity contribution in [2.45, 2.75) is 17.9 Å². The molecule has 1 saturated heterocycles. The summed E-state index contributed by atoms with van der Waals surface area (Å²) in [4.78, 5) is 22.0. The molecule has 3 aromatic rings. The van der Waals surface area contributed by atoms with Gasteiger partial charge in [-0.05, 0) is 31.2 Å². The molecule has 0 bridgehead atoms. The van der Waals surface area contributed by atoms with E-state index in [0.717, 1.165) is 0 Å². The van der Waals surface area contributed by atoms with Crippen LogP contribution in [0, 0.1) is 0 Å². The molecule has 1 atom stereocenters.